The van der Waals surface area contributed by atoms with Crippen molar-refractivity contribution in [1.82, 2.24) is 10.0 Å². The van der Waals surface area contributed by atoms with Crippen molar-refractivity contribution in [1.29, 1.82) is 0 Å². The van der Waals surface area contributed by atoms with E-state index >= 15 is 0 Å². The lowest BCUT2D eigenvalue weighted by Gasteiger charge is -2.09. The Labute approximate surface area is 152 Å². The van der Waals surface area contributed by atoms with Crippen LogP contribution in [0.2, 0.25) is 5.02 Å². The summed E-state index contributed by atoms with van der Waals surface area (Å²) < 4.78 is 31.7. The number of methoxy groups -OCH3 is 1. The van der Waals surface area contributed by atoms with Crippen molar-refractivity contribution in [3.05, 3.63) is 59.1 Å². The molecule has 0 saturated carbocycles. The standard InChI is InChI=1S/C17H19ClN2O4S/c1-24-14-8-6-13(7-9-14)12-19-17(21)10-11-20-25(22,23)16-5-3-2-4-15(16)18/h2-9,20H,10-12H2,1H3,(H,19,21). The Morgan fingerprint density at radius 1 is 1.12 bits per heavy atom. The predicted octanol–water partition coefficient (Wildman–Crippen LogP) is 2.33. The Morgan fingerprint density at radius 2 is 1.80 bits per heavy atom. The number of carbonyl (C=O) groups excluding carboxylic acids is 1. The molecular formula is C17H19ClN2O4S. The molecule has 8 heteroatoms. The molecule has 2 N–H and O–H groups in total. The van der Waals surface area contributed by atoms with Crippen LogP contribution in [0, 0.1) is 0 Å². The molecule has 2 aromatic carbocycles. The Morgan fingerprint density at radius 3 is 2.44 bits per heavy atom. The summed E-state index contributed by atoms with van der Waals surface area (Å²) in [6, 6.07) is 13.4. The third-order valence-electron chi connectivity index (χ3n) is 3.42. The van der Waals surface area contributed by atoms with E-state index in [1.54, 1.807) is 31.4 Å². The second-order valence-corrected chi connectivity index (χ2v) is 7.35. The molecule has 0 aromatic heterocycles. The van der Waals surface area contributed by atoms with Crippen LogP contribution < -0.4 is 14.8 Å². The molecule has 0 aliphatic heterocycles. The van der Waals surface area contributed by atoms with Gasteiger partial charge in [0.1, 0.15) is 10.6 Å². The first kappa shape index (κ1) is 19.2. The molecule has 0 fully saturated rings. The summed E-state index contributed by atoms with van der Waals surface area (Å²) in [5.41, 5.74) is 0.922. The predicted molar refractivity (Wildman–Crippen MR) is 96.1 cm³/mol. The van der Waals surface area contributed by atoms with Gasteiger partial charge in [0.15, 0.2) is 0 Å². The number of hydrogen-bond donors (Lipinski definition) is 2. The molecule has 1 amide bonds. The van der Waals surface area contributed by atoms with Gasteiger partial charge in [-0.15, -0.1) is 0 Å². The largest absolute Gasteiger partial charge is 0.497 e. The number of hydrogen-bond acceptors (Lipinski definition) is 4. The van der Waals surface area contributed by atoms with E-state index in [-0.39, 0.29) is 28.8 Å². The molecule has 134 valence electrons. The number of halogens is 1. The van der Waals surface area contributed by atoms with Crippen LogP contribution in [-0.4, -0.2) is 28.0 Å². The van der Waals surface area contributed by atoms with Crippen molar-refractivity contribution < 1.29 is 17.9 Å². The topological polar surface area (TPSA) is 84.5 Å². The first-order valence-corrected chi connectivity index (χ1v) is 9.42. The van der Waals surface area contributed by atoms with E-state index in [9.17, 15) is 13.2 Å². The SMILES string of the molecule is COc1ccc(CNC(=O)CCNS(=O)(=O)c2ccccc2Cl)cc1. The molecule has 0 saturated heterocycles. The van der Waals surface area contributed by atoms with Gasteiger partial charge in [-0.3, -0.25) is 4.79 Å². The zero-order chi connectivity index (χ0) is 18.3. The third kappa shape index (κ3) is 5.74. The molecule has 0 bridgehead atoms. The first-order valence-electron chi connectivity index (χ1n) is 7.56. The minimum absolute atomic E-state index is 0.00434. The minimum Gasteiger partial charge on any atom is -0.497 e. The van der Waals surface area contributed by atoms with Crippen LogP contribution in [0.25, 0.3) is 0 Å². The van der Waals surface area contributed by atoms with Crippen molar-refractivity contribution in [3.63, 3.8) is 0 Å². The maximum Gasteiger partial charge on any atom is 0.242 e. The molecular weight excluding hydrogens is 364 g/mol. The summed E-state index contributed by atoms with van der Waals surface area (Å²) in [5, 5.41) is 2.87. The number of nitrogens with one attached hydrogen (secondary N) is 2. The van der Waals surface area contributed by atoms with Gasteiger partial charge in [-0.05, 0) is 29.8 Å². The summed E-state index contributed by atoms with van der Waals surface area (Å²) in [6.45, 7) is 0.349. The minimum atomic E-state index is -3.74. The molecule has 0 radical (unpaired) electrons. The fourth-order valence-electron chi connectivity index (χ4n) is 2.07. The van der Waals surface area contributed by atoms with Crippen LogP contribution in [0.3, 0.4) is 0 Å². The number of rotatable bonds is 8. The highest BCUT2D eigenvalue weighted by molar-refractivity contribution is 7.89. The van der Waals surface area contributed by atoms with Crippen molar-refractivity contribution in [2.45, 2.75) is 17.9 Å². The number of ether oxygens (including phenoxy) is 1. The van der Waals surface area contributed by atoms with Gasteiger partial charge in [0.05, 0.1) is 12.1 Å². The van der Waals surface area contributed by atoms with Crippen molar-refractivity contribution in [2.75, 3.05) is 13.7 Å². The van der Waals surface area contributed by atoms with Crippen LogP contribution >= 0.6 is 11.6 Å². The van der Waals surface area contributed by atoms with Gasteiger partial charge in [0, 0.05) is 19.5 Å². The van der Waals surface area contributed by atoms with Crippen LogP contribution in [0.15, 0.2) is 53.4 Å². The summed E-state index contributed by atoms with van der Waals surface area (Å²) in [5.74, 6) is 0.488. The fourth-order valence-corrected chi connectivity index (χ4v) is 3.62. The highest BCUT2D eigenvalue weighted by atomic mass is 35.5. The van der Waals surface area contributed by atoms with Crippen LogP contribution in [0.5, 0.6) is 5.75 Å². The van der Waals surface area contributed by atoms with E-state index in [4.69, 9.17) is 16.3 Å². The van der Waals surface area contributed by atoms with E-state index in [0.29, 0.717) is 6.54 Å². The number of benzene rings is 2. The van der Waals surface area contributed by atoms with E-state index in [1.165, 1.54) is 12.1 Å². The zero-order valence-electron chi connectivity index (χ0n) is 13.7. The average molecular weight is 383 g/mol. The second kappa shape index (κ2) is 8.84. The van der Waals surface area contributed by atoms with Gasteiger partial charge in [-0.2, -0.15) is 0 Å². The third-order valence-corrected chi connectivity index (χ3v) is 5.38. The summed E-state index contributed by atoms with van der Waals surface area (Å²) in [6.07, 6.45) is 0.0276. The molecule has 25 heavy (non-hydrogen) atoms. The lowest BCUT2D eigenvalue weighted by Crippen LogP contribution is -2.30. The van der Waals surface area contributed by atoms with Crippen molar-refractivity contribution in [2.24, 2.45) is 0 Å². The normalized spacial score (nSPS) is 11.1. The highest BCUT2D eigenvalue weighted by Gasteiger charge is 2.17. The molecule has 0 aliphatic carbocycles. The molecule has 0 atom stereocenters. The first-order chi connectivity index (χ1) is 11.9. The average Bonchev–Trinajstić information content (AvgIpc) is 2.60. The molecule has 2 aromatic rings. The molecule has 0 heterocycles. The Bertz CT molecular complexity index is 823. The van der Waals surface area contributed by atoms with Gasteiger partial charge in [0.2, 0.25) is 15.9 Å². The molecule has 6 nitrogen and oxygen atoms in total. The van der Waals surface area contributed by atoms with E-state index in [2.05, 4.69) is 10.0 Å². The monoisotopic (exact) mass is 382 g/mol. The lowest BCUT2D eigenvalue weighted by atomic mass is 10.2. The lowest BCUT2D eigenvalue weighted by molar-refractivity contribution is -0.121. The molecule has 2 rings (SSSR count). The van der Waals surface area contributed by atoms with Gasteiger partial charge in [-0.25, -0.2) is 13.1 Å². The van der Waals surface area contributed by atoms with Crippen molar-refractivity contribution in [3.8, 4) is 5.75 Å². The van der Waals surface area contributed by atoms with E-state index < -0.39 is 10.0 Å². The Hall–Kier alpha value is -2.09. The molecule has 0 aliphatic rings. The van der Waals surface area contributed by atoms with E-state index in [1.807, 2.05) is 12.1 Å². The summed E-state index contributed by atoms with van der Waals surface area (Å²) >= 11 is 5.88. The van der Waals surface area contributed by atoms with Gasteiger partial charge < -0.3 is 10.1 Å². The Kier molecular flexibility index (Phi) is 6.81. The fraction of sp³-hybridized carbons (Fsp3) is 0.235. The maximum absolute atomic E-state index is 12.1. The van der Waals surface area contributed by atoms with Gasteiger partial charge in [-0.1, -0.05) is 35.9 Å². The Balaban J connectivity index is 1.79. The van der Waals surface area contributed by atoms with Crippen LogP contribution in [0.1, 0.15) is 12.0 Å². The van der Waals surface area contributed by atoms with Gasteiger partial charge >= 0.3 is 0 Å². The number of sulfonamides is 1. The van der Waals surface area contributed by atoms with Crippen LogP contribution in [0.4, 0.5) is 0 Å². The van der Waals surface area contributed by atoms with Gasteiger partial charge in [0.25, 0.3) is 0 Å². The number of carbonyl (C=O) groups is 1. The highest BCUT2D eigenvalue weighted by Crippen LogP contribution is 2.19. The smallest absolute Gasteiger partial charge is 0.242 e. The summed E-state index contributed by atoms with van der Waals surface area (Å²) in [4.78, 5) is 11.8. The number of amides is 1. The molecule has 0 spiro atoms. The maximum atomic E-state index is 12.1. The quantitative estimate of drug-likeness (QED) is 0.733. The second-order valence-electron chi connectivity index (χ2n) is 5.20. The van der Waals surface area contributed by atoms with Crippen molar-refractivity contribution >= 4 is 27.5 Å². The van der Waals surface area contributed by atoms with E-state index in [0.717, 1.165) is 11.3 Å². The summed E-state index contributed by atoms with van der Waals surface area (Å²) in [7, 11) is -2.15. The van der Waals surface area contributed by atoms with Crippen LogP contribution in [-0.2, 0) is 21.4 Å². The zero-order valence-corrected chi connectivity index (χ0v) is 15.2. The molecule has 0 unspecified atom stereocenters.